The first-order chi connectivity index (χ1) is 41.8. The number of carbonyl (C=O) groups excluding carboxylic acids is 2. The second-order valence-electron chi connectivity index (χ2n) is 28.9. The standard InChI is InChI=1S/C73H119N2O13P/c1-19-63-73(15,82)67(78)55(11)75(65(76)29-27-25-23-21-20-22-24-26-28-30-89(58-34-46(2)31-47(3)35-58,59-36-48(4)32-49(5)37-59)60-38-50(6)33-51(7)39-60)44-52(8)42-71(13,81)64(88-70-66(77)61(74(16)17)40-53(9)85-70)41-62(54(10)69(80)87-63)84-45-57-43-72(14,83-18)68(79)56(12)86-57/h31-39,52-57,61-64,66-68,70,77-79,81-82,89H,19-30,40-45H2,1-18H3/t52-,53-,54-,55-,56+,57-,61+,62+,63-,64-,66-,67-,68+,70+,71-,72-,73-/m1/s1. The first kappa shape index (κ1) is 74.6. The number of rotatable bonds is 23. The van der Waals surface area contributed by atoms with Crippen molar-refractivity contribution < 1.29 is 63.5 Å². The third-order valence-corrected chi connectivity index (χ3v) is 25.1. The molecule has 17 atom stereocenters. The minimum absolute atomic E-state index is 0.0177. The average Bonchev–Trinajstić information content (AvgIpc) is 1.05. The van der Waals surface area contributed by atoms with Gasteiger partial charge in [-0.25, -0.2) is 0 Å². The maximum absolute atomic E-state index is 14.7. The largest absolute Gasteiger partial charge is 0.388 e. The number of likely N-dealkylation sites (N-methyl/N-ethyl adjacent to an activating group) is 1. The summed E-state index contributed by atoms with van der Waals surface area (Å²) in [5.74, 6) is -2.29. The molecule has 0 bridgehead atoms. The average molecular weight is 1260 g/mol. The summed E-state index contributed by atoms with van der Waals surface area (Å²) in [6.45, 7) is 29.2. The minimum atomic E-state index is -2.44. The fraction of sp³-hybridized carbons (Fsp3) is 0.726. The van der Waals surface area contributed by atoms with E-state index in [0.717, 1.165) is 44.7 Å². The molecule has 3 saturated heterocycles. The van der Waals surface area contributed by atoms with Crippen LogP contribution in [0.1, 0.15) is 192 Å². The zero-order valence-electron chi connectivity index (χ0n) is 57.9. The SMILES string of the molecule is CC[C@H]1OC(=O)[C@H](C)[C@@H](OC[C@H]2C[C@@](C)(OC)[C@@H](O)[C@H](C)O2)C[C@@H](O[C@@H]2O[C@H](C)C[C@H](N(C)C)[C@H]2O)[C@](C)(O)C[C@@H](C)CN(C(=O)CCCCCCCCCCC[PH](c2cc(C)cc(C)c2)(c2cc(C)cc(C)c2)c2cc(C)cc(C)c2)[C@H](C)[C@@H](O)[C@]1(C)O. The van der Waals surface area contributed by atoms with Crippen LogP contribution in [-0.2, 0) is 38.0 Å². The van der Waals surface area contributed by atoms with E-state index in [1.807, 2.05) is 39.8 Å². The van der Waals surface area contributed by atoms with Gasteiger partial charge >= 0.3 is 235 Å². The zero-order chi connectivity index (χ0) is 65.9. The summed E-state index contributed by atoms with van der Waals surface area (Å²) >= 11 is 0. The molecule has 0 saturated carbocycles. The molecular formula is C73H119N2O13P. The molecule has 6 rings (SSSR count). The monoisotopic (exact) mass is 1260 g/mol. The van der Waals surface area contributed by atoms with Crippen molar-refractivity contribution in [3.8, 4) is 0 Å². The summed E-state index contributed by atoms with van der Waals surface area (Å²) in [5.41, 5.74) is 3.29. The molecule has 15 nitrogen and oxygen atoms in total. The van der Waals surface area contributed by atoms with Crippen molar-refractivity contribution in [1.82, 2.24) is 9.80 Å². The van der Waals surface area contributed by atoms with Crippen LogP contribution >= 0.6 is 7.26 Å². The number of amides is 1. The molecule has 5 N–H and O–H groups in total. The second kappa shape index (κ2) is 32.6. The van der Waals surface area contributed by atoms with Gasteiger partial charge in [0.25, 0.3) is 0 Å². The van der Waals surface area contributed by atoms with Gasteiger partial charge < -0.3 is 63.8 Å². The fourth-order valence-electron chi connectivity index (χ4n) is 15.2. The summed E-state index contributed by atoms with van der Waals surface area (Å²) in [5, 5.41) is 64.7. The Morgan fingerprint density at radius 2 is 1.19 bits per heavy atom. The number of aliphatic hydroxyl groups is 5. The Bertz CT molecular complexity index is 2550. The van der Waals surface area contributed by atoms with Gasteiger partial charge in [0, 0.05) is 32.5 Å². The molecule has 3 aliphatic rings. The van der Waals surface area contributed by atoms with Gasteiger partial charge in [-0.15, -0.1) is 0 Å². The Balaban J connectivity index is 1.14. The van der Waals surface area contributed by atoms with Gasteiger partial charge in [-0.2, -0.15) is 0 Å². The number of nitrogens with zero attached hydrogens (tertiary/aromatic N) is 2. The Labute approximate surface area is 536 Å². The van der Waals surface area contributed by atoms with Gasteiger partial charge in [-0.05, 0) is 87.7 Å². The van der Waals surface area contributed by atoms with E-state index in [1.165, 1.54) is 69.1 Å². The van der Waals surface area contributed by atoms with E-state index in [9.17, 15) is 35.1 Å². The van der Waals surface area contributed by atoms with Crippen LogP contribution in [-0.4, -0.2) is 178 Å². The van der Waals surface area contributed by atoms with Crippen LogP contribution in [0.15, 0.2) is 54.6 Å². The number of aliphatic hydroxyl groups excluding tert-OH is 3. The topological polar surface area (TPSA) is 197 Å². The van der Waals surface area contributed by atoms with Crippen molar-refractivity contribution in [3.05, 3.63) is 88.0 Å². The van der Waals surface area contributed by atoms with Crippen LogP contribution in [0.3, 0.4) is 0 Å². The van der Waals surface area contributed by atoms with Crippen molar-refractivity contribution in [1.29, 1.82) is 0 Å². The number of benzene rings is 3. The number of esters is 1. The number of unbranched alkanes of at least 4 members (excludes halogenated alkanes) is 8. The van der Waals surface area contributed by atoms with Crippen molar-refractivity contribution in [3.63, 3.8) is 0 Å². The molecule has 3 aromatic carbocycles. The van der Waals surface area contributed by atoms with Gasteiger partial charge in [-0.3, -0.25) is 9.59 Å². The quantitative estimate of drug-likeness (QED) is 0.0342. The Morgan fingerprint density at radius 1 is 0.697 bits per heavy atom. The Morgan fingerprint density at radius 3 is 1.67 bits per heavy atom. The molecule has 1 amide bonds. The number of methoxy groups -OCH3 is 1. The minimum Gasteiger partial charge on any atom is -0.388 e. The normalized spacial score (nSPS) is 33.2. The van der Waals surface area contributed by atoms with Gasteiger partial charge in [-0.1, -0.05) is 13.8 Å². The zero-order valence-corrected chi connectivity index (χ0v) is 58.9. The molecule has 0 aliphatic carbocycles. The third-order valence-electron chi connectivity index (χ3n) is 20.2. The molecule has 3 fully saturated rings. The number of cyclic esters (lactones) is 1. The smallest absolute Gasteiger partial charge is 0.126 e. The van der Waals surface area contributed by atoms with Gasteiger partial charge in [0.15, 0.2) is 6.29 Å². The first-order valence-electron chi connectivity index (χ1n) is 33.8. The van der Waals surface area contributed by atoms with Crippen LogP contribution in [0.5, 0.6) is 0 Å². The molecule has 0 unspecified atom stereocenters. The van der Waals surface area contributed by atoms with E-state index in [1.54, 1.807) is 46.6 Å². The maximum Gasteiger partial charge on any atom is 0.126 e. The summed E-state index contributed by atoms with van der Waals surface area (Å²) < 4.78 is 38.0. The summed E-state index contributed by atoms with van der Waals surface area (Å²) in [6.07, 6.45) is 2.37. The van der Waals surface area contributed by atoms with Crippen LogP contribution in [0.25, 0.3) is 0 Å². The van der Waals surface area contributed by atoms with Gasteiger partial charge in [0.1, 0.15) is 30.0 Å². The summed E-state index contributed by atoms with van der Waals surface area (Å²) in [7, 11) is 2.88. The summed E-state index contributed by atoms with van der Waals surface area (Å²) in [4.78, 5) is 32.8. The molecule has 16 heteroatoms. The van der Waals surface area contributed by atoms with E-state index in [2.05, 4.69) is 96.1 Å². The number of hydrogen-bond acceptors (Lipinski definition) is 14. The van der Waals surface area contributed by atoms with Gasteiger partial charge in [0.05, 0.1) is 60.3 Å². The first-order valence-corrected chi connectivity index (χ1v) is 36.0. The molecular weight excluding hydrogens is 1140 g/mol. The number of aryl methyl sites for hydroxylation is 6. The van der Waals surface area contributed by atoms with E-state index < -0.39 is 97.1 Å². The van der Waals surface area contributed by atoms with Crippen LogP contribution in [0, 0.1) is 53.4 Å². The predicted molar refractivity (Wildman–Crippen MR) is 360 cm³/mol. The van der Waals surface area contributed by atoms with E-state index in [0.29, 0.717) is 12.8 Å². The van der Waals surface area contributed by atoms with Crippen molar-refractivity contribution in [2.45, 2.75) is 290 Å². The van der Waals surface area contributed by atoms with E-state index >= 15 is 0 Å². The molecule has 0 radical (unpaired) electrons. The third kappa shape index (κ3) is 19.1. The summed E-state index contributed by atoms with van der Waals surface area (Å²) in [6, 6.07) is 20.5. The van der Waals surface area contributed by atoms with Gasteiger partial charge in [0.2, 0.25) is 0 Å². The van der Waals surface area contributed by atoms with Crippen molar-refractivity contribution >= 4 is 35.1 Å². The Kier molecular flexibility index (Phi) is 27.4. The molecule has 0 aromatic heterocycles. The number of carbonyl (C=O) groups is 2. The molecule has 0 spiro atoms. The second-order valence-corrected chi connectivity index (χ2v) is 32.9. The Hall–Kier alpha value is -3.41. The van der Waals surface area contributed by atoms with E-state index in [4.69, 9.17) is 28.4 Å². The molecule has 3 heterocycles. The fourth-order valence-corrected chi connectivity index (χ4v) is 20.7. The van der Waals surface area contributed by atoms with Crippen molar-refractivity contribution in [2.75, 3.05) is 40.5 Å². The van der Waals surface area contributed by atoms with E-state index in [-0.39, 0.29) is 69.2 Å². The number of hydrogen-bond donors (Lipinski definition) is 5. The maximum atomic E-state index is 14.7. The molecule has 3 aromatic rings. The van der Waals surface area contributed by atoms with Crippen LogP contribution in [0.4, 0.5) is 0 Å². The molecule has 3 aliphatic heterocycles. The van der Waals surface area contributed by atoms with Crippen molar-refractivity contribution in [2.24, 2.45) is 11.8 Å². The van der Waals surface area contributed by atoms with Crippen LogP contribution in [0.2, 0.25) is 0 Å². The molecule has 89 heavy (non-hydrogen) atoms. The number of ether oxygens (including phenoxy) is 6. The van der Waals surface area contributed by atoms with Crippen LogP contribution < -0.4 is 15.9 Å². The predicted octanol–water partition coefficient (Wildman–Crippen LogP) is 10.1. The molecule has 504 valence electrons.